The summed E-state index contributed by atoms with van der Waals surface area (Å²) >= 11 is 1.26. The van der Waals surface area contributed by atoms with Gasteiger partial charge in [0.1, 0.15) is 5.75 Å². The van der Waals surface area contributed by atoms with Gasteiger partial charge in [-0.05, 0) is 54.3 Å². The Morgan fingerprint density at radius 2 is 1.68 bits per heavy atom. The lowest BCUT2D eigenvalue weighted by Gasteiger charge is -2.18. The molecular formula is C22H24N2O3S. The fourth-order valence-electron chi connectivity index (χ4n) is 2.68. The van der Waals surface area contributed by atoms with E-state index in [1.165, 1.54) is 17.3 Å². The van der Waals surface area contributed by atoms with Gasteiger partial charge < -0.3 is 9.15 Å². The molecule has 3 aromatic rings. The lowest BCUT2D eigenvalue weighted by Crippen LogP contribution is -2.13. The Labute approximate surface area is 169 Å². The van der Waals surface area contributed by atoms with Crippen LogP contribution >= 0.6 is 11.8 Å². The fraction of sp³-hybridized carbons (Fsp3) is 0.318. The summed E-state index contributed by atoms with van der Waals surface area (Å²) in [4.78, 5) is 12.6. The normalized spacial score (nSPS) is 12.6. The zero-order valence-corrected chi connectivity index (χ0v) is 17.5. The summed E-state index contributed by atoms with van der Waals surface area (Å²) in [6.45, 7) is 8.35. The van der Waals surface area contributed by atoms with E-state index in [4.69, 9.17) is 9.15 Å². The van der Waals surface area contributed by atoms with Crippen molar-refractivity contribution in [2.45, 2.75) is 43.6 Å². The first-order chi connectivity index (χ1) is 13.3. The maximum atomic E-state index is 12.6. The maximum absolute atomic E-state index is 12.6. The number of carbonyl (C=O) groups is 1. The van der Waals surface area contributed by atoms with Gasteiger partial charge in [-0.25, -0.2) is 0 Å². The lowest BCUT2D eigenvalue weighted by molar-refractivity contribution is 0.0993. The van der Waals surface area contributed by atoms with Crippen molar-refractivity contribution in [2.75, 3.05) is 7.11 Å². The minimum Gasteiger partial charge on any atom is -0.497 e. The van der Waals surface area contributed by atoms with Gasteiger partial charge >= 0.3 is 0 Å². The molecule has 0 saturated heterocycles. The Morgan fingerprint density at radius 1 is 1.04 bits per heavy atom. The molecular weight excluding hydrogens is 372 g/mol. The number of hydrogen-bond acceptors (Lipinski definition) is 6. The van der Waals surface area contributed by atoms with Gasteiger partial charge in [-0.15, -0.1) is 10.2 Å². The second kappa shape index (κ2) is 8.19. The second-order valence-corrected chi connectivity index (χ2v) is 8.85. The summed E-state index contributed by atoms with van der Waals surface area (Å²) < 4.78 is 10.9. The molecule has 0 N–H and O–H groups in total. The van der Waals surface area contributed by atoms with Gasteiger partial charge in [-0.1, -0.05) is 44.7 Å². The fourth-order valence-corrected chi connectivity index (χ4v) is 3.44. The van der Waals surface area contributed by atoms with Crippen LogP contribution in [0.1, 0.15) is 43.6 Å². The van der Waals surface area contributed by atoms with Crippen molar-refractivity contribution in [3.63, 3.8) is 0 Å². The molecule has 2 aromatic carbocycles. The number of ketones is 1. The molecule has 0 bridgehead atoms. The molecule has 5 nitrogen and oxygen atoms in total. The third-order valence-electron chi connectivity index (χ3n) is 4.43. The molecule has 146 valence electrons. The standard InChI is InChI=1S/C22H24N2O3S/c1-14(19(25)15-8-12-18(26-5)13-9-15)28-21-24-23-20(27-21)16-6-10-17(11-7-16)22(2,3)4/h6-14H,1-5H3/t14-/m1/s1. The molecule has 0 aliphatic heterocycles. The molecule has 0 unspecified atom stereocenters. The smallest absolute Gasteiger partial charge is 0.277 e. The van der Waals surface area contributed by atoms with Gasteiger partial charge in [0.2, 0.25) is 5.89 Å². The van der Waals surface area contributed by atoms with E-state index in [0.717, 1.165) is 11.3 Å². The lowest BCUT2D eigenvalue weighted by atomic mass is 9.87. The summed E-state index contributed by atoms with van der Waals surface area (Å²) in [5.41, 5.74) is 2.81. The summed E-state index contributed by atoms with van der Waals surface area (Å²) in [6, 6.07) is 15.2. The first-order valence-corrected chi connectivity index (χ1v) is 9.95. The van der Waals surface area contributed by atoms with Crippen LogP contribution in [0.15, 0.2) is 58.2 Å². The molecule has 6 heteroatoms. The highest BCUT2D eigenvalue weighted by molar-refractivity contribution is 8.00. The maximum Gasteiger partial charge on any atom is 0.277 e. The highest BCUT2D eigenvalue weighted by atomic mass is 32.2. The Morgan fingerprint density at radius 3 is 2.25 bits per heavy atom. The molecule has 0 aliphatic carbocycles. The Hall–Kier alpha value is -2.60. The molecule has 0 radical (unpaired) electrons. The van der Waals surface area contributed by atoms with Crippen molar-refractivity contribution in [3.05, 3.63) is 59.7 Å². The molecule has 0 amide bonds. The molecule has 0 fully saturated rings. The van der Waals surface area contributed by atoms with Crippen molar-refractivity contribution in [1.82, 2.24) is 10.2 Å². The van der Waals surface area contributed by atoms with E-state index in [1.54, 1.807) is 31.4 Å². The number of methoxy groups -OCH3 is 1. The summed E-state index contributed by atoms with van der Waals surface area (Å²) in [5.74, 6) is 1.17. The molecule has 1 atom stereocenters. The van der Waals surface area contributed by atoms with Gasteiger partial charge in [0.25, 0.3) is 5.22 Å². The van der Waals surface area contributed by atoms with Crippen LogP contribution in [0.5, 0.6) is 5.75 Å². The van der Waals surface area contributed by atoms with E-state index >= 15 is 0 Å². The second-order valence-electron chi connectivity index (χ2n) is 7.55. The number of aromatic nitrogens is 2. The number of Topliss-reactive ketones (excluding diaryl/α,β-unsaturated/α-hetero) is 1. The topological polar surface area (TPSA) is 65.2 Å². The van der Waals surface area contributed by atoms with Gasteiger partial charge in [0.05, 0.1) is 12.4 Å². The largest absolute Gasteiger partial charge is 0.497 e. The summed E-state index contributed by atoms with van der Waals surface area (Å²) in [6.07, 6.45) is 0. The third kappa shape index (κ3) is 4.62. The van der Waals surface area contributed by atoms with E-state index in [0.29, 0.717) is 16.7 Å². The van der Waals surface area contributed by atoms with E-state index in [-0.39, 0.29) is 16.4 Å². The number of hydrogen-bond donors (Lipinski definition) is 0. The average Bonchev–Trinajstić information content (AvgIpc) is 3.15. The zero-order valence-electron chi connectivity index (χ0n) is 16.7. The molecule has 1 aromatic heterocycles. The Kier molecular flexibility index (Phi) is 5.89. The van der Waals surface area contributed by atoms with Crippen LogP contribution in [0.4, 0.5) is 0 Å². The van der Waals surface area contributed by atoms with Crippen LogP contribution in [0.3, 0.4) is 0 Å². The van der Waals surface area contributed by atoms with Crippen LogP contribution in [0, 0.1) is 0 Å². The summed E-state index contributed by atoms with van der Waals surface area (Å²) in [5, 5.41) is 8.24. The molecule has 1 heterocycles. The Balaban J connectivity index is 1.68. The Bertz CT molecular complexity index is 941. The van der Waals surface area contributed by atoms with Gasteiger partial charge in [-0.3, -0.25) is 4.79 Å². The summed E-state index contributed by atoms with van der Waals surface area (Å²) in [7, 11) is 1.60. The number of rotatable bonds is 6. The van der Waals surface area contributed by atoms with Crippen LogP contribution in [-0.2, 0) is 5.41 Å². The van der Waals surface area contributed by atoms with Gasteiger partial charge in [-0.2, -0.15) is 0 Å². The number of nitrogens with zero attached hydrogens (tertiary/aromatic N) is 2. The van der Waals surface area contributed by atoms with Gasteiger partial charge in [0, 0.05) is 11.1 Å². The highest BCUT2D eigenvalue weighted by Crippen LogP contribution is 2.29. The quantitative estimate of drug-likeness (QED) is 0.410. The van der Waals surface area contributed by atoms with Crippen LogP contribution in [-0.4, -0.2) is 28.3 Å². The predicted molar refractivity (Wildman–Crippen MR) is 111 cm³/mol. The molecule has 0 aliphatic rings. The first-order valence-electron chi connectivity index (χ1n) is 9.07. The van der Waals surface area contributed by atoms with Crippen LogP contribution < -0.4 is 4.74 Å². The highest BCUT2D eigenvalue weighted by Gasteiger charge is 2.20. The number of ether oxygens (including phenoxy) is 1. The van der Waals surface area contributed by atoms with Crippen molar-refractivity contribution in [1.29, 1.82) is 0 Å². The zero-order chi connectivity index (χ0) is 20.3. The number of carbonyl (C=O) groups excluding carboxylic acids is 1. The molecule has 28 heavy (non-hydrogen) atoms. The molecule has 0 spiro atoms. The van der Waals surface area contributed by atoms with E-state index < -0.39 is 0 Å². The average molecular weight is 397 g/mol. The molecule has 3 rings (SSSR count). The minimum absolute atomic E-state index is 0.00179. The van der Waals surface area contributed by atoms with Crippen molar-refractivity contribution in [3.8, 4) is 17.2 Å². The molecule has 0 saturated carbocycles. The van der Waals surface area contributed by atoms with Crippen molar-refractivity contribution in [2.24, 2.45) is 0 Å². The van der Waals surface area contributed by atoms with E-state index in [2.05, 4.69) is 43.1 Å². The van der Waals surface area contributed by atoms with Crippen LogP contribution in [0.25, 0.3) is 11.5 Å². The van der Waals surface area contributed by atoms with E-state index in [1.807, 2.05) is 19.1 Å². The minimum atomic E-state index is -0.343. The monoisotopic (exact) mass is 396 g/mol. The van der Waals surface area contributed by atoms with Crippen molar-refractivity contribution >= 4 is 17.5 Å². The van der Waals surface area contributed by atoms with Crippen molar-refractivity contribution < 1.29 is 13.9 Å². The van der Waals surface area contributed by atoms with Crippen LogP contribution in [0.2, 0.25) is 0 Å². The SMILES string of the molecule is COc1ccc(C(=O)[C@@H](C)Sc2nnc(-c3ccc(C(C)(C)C)cc3)o2)cc1. The van der Waals surface area contributed by atoms with E-state index in [9.17, 15) is 4.79 Å². The predicted octanol–water partition coefficient (Wildman–Crippen LogP) is 5.41. The third-order valence-corrected chi connectivity index (χ3v) is 5.36. The van der Waals surface area contributed by atoms with Gasteiger partial charge in [0.15, 0.2) is 5.78 Å². The number of thioether (sulfide) groups is 1. The number of benzene rings is 2. The first kappa shape index (κ1) is 20.1.